The molecule has 0 aliphatic carbocycles. The second-order valence-corrected chi connectivity index (χ2v) is 4.63. The summed E-state index contributed by atoms with van der Waals surface area (Å²) in [5.41, 5.74) is 1.30. The number of aromatic nitrogens is 2. The van der Waals surface area contributed by atoms with Gasteiger partial charge in [0.05, 0.1) is 0 Å². The Morgan fingerprint density at radius 3 is 2.82 bits per heavy atom. The number of halogens is 1. The Hall–Kier alpha value is -1.03. The number of rotatable bonds is 3. The van der Waals surface area contributed by atoms with Gasteiger partial charge in [0.15, 0.2) is 0 Å². The van der Waals surface area contributed by atoms with Crippen molar-refractivity contribution in [1.82, 2.24) is 14.7 Å². The van der Waals surface area contributed by atoms with Crippen molar-refractivity contribution in [3.8, 4) is 0 Å². The molecule has 17 heavy (non-hydrogen) atoms. The molecule has 94 valence electrons. The number of hydrogen-bond acceptors (Lipinski definition) is 2. The Labute approximate surface area is 107 Å². The summed E-state index contributed by atoms with van der Waals surface area (Å²) in [6.07, 6.45) is 3.87. The van der Waals surface area contributed by atoms with Crippen molar-refractivity contribution < 1.29 is 4.79 Å². The first-order chi connectivity index (χ1) is 8.26. The van der Waals surface area contributed by atoms with Crippen molar-refractivity contribution >= 4 is 17.5 Å². The van der Waals surface area contributed by atoms with Crippen LogP contribution in [0.15, 0.2) is 12.3 Å². The largest absolute Gasteiger partial charge is 0.342 e. The minimum Gasteiger partial charge on any atom is -0.342 e. The first-order valence-electron chi connectivity index (χ1n) is 6.11. The molecule has 4 nitrogen and oxygen atoms in total. The number of carbonyl (C=O) groups is 1. The Kier molecular flexibility index (Phi) is 4.05. The van der Waals surface area contributed by atoms with E-state index in [0.717, 1.165) is 32.5 Å². The summed E-state index contributed by atoms with van der Waals surface area (Å²) in [5, 5.41) is 4.30. The molecule has 0 radical (unpaired) electrons. The number of alkyl halides is 1. The highest BCUT2D eigenvalue weighted by Crippen LogP contribution is 2.27. The lowest BCUT2D eigenvalue weighted by molar-refractivity contribution is -0.129. The third-order valence-electron chi connectivity index (χ3n) is 3.43. The van der Waals surface area contributed by atoms with Gasteiger partial charge in [-0.15, -0.1) is 11.6 Å². The number of likely N-dealkylation sites (tertiary alicyclic amines) is 1. The molecule has 0 spiro atoms. The third kappa shape index (κ3) is 2.63. The molecular formula is C12H18ClN3O. The van der Waals surface area contributed by atoms with Gasteiger partial charge in [-0.3, -0.25) is 9.48 Å². The topological polar surface area (TPSA) is 38.1 Å². The molecule has 1 aliphatic rings. The SMILES string of the molecule is CCn1nccc1C1CCN(C(=O)CCl)CC1. The lowest BCUT2D eigenvalue weighted by atomic mass is 9.93. The van der Waals surface area contributed by atoms with Crippen LogP contribution < -0.4 is 0 Å². The van der Waals surface area contributed by atoms with Gasteiger partial charge < -0.3 is 4.90 Å². The van der Waals surface area contributed by atoms with Crippen LogP contribution in [0.4, 0.5) is 0 Å². The van der Waals surface area contributed by atoms with Crippen molar-refractivity contribution in [2.24, 2.45) is 0 Å². The average Bonchev–Trinajstić information content (AvgIpc) is 2.86. The van der Waals surface area contributed by atoms with Crippen LogP contribution in [0.1, 0.15) is 31.4 Å². The Bertz CT molecular complexity index is 383. The van der Waals surface area contributed by atoms with Crippen molar-refractivity contribution in [3.63, 3.8) is 0 Å². The molecular weight excluding hydrogens is 238 g/mol. The molecule has 0 saturated carbocycles. The molecule has 1 aromatic heterocycles. The minimum atomic E-state index is 0.0501. The fourth-order valence-corrected chi connectivity index (χ4v) is 2.63. The zero-order chi connectivity index (χ0) is 12.3. The van der Waals surface area contributed by atoms with Crippen molar-refractivity contribution in [2.45, 2.75) is 32.2 Å². The van der Waals surface area contributed by atoms with E-state index in [0.29, 0.717) is 5.92 Å². The van der Waals surface area contributed by atoms with Gasteiger partial charge >= 0.3 is 0 Å². The molecule has 1 fully saturated rings. The van der Waals surface area contributed by atoms with Gasteiger partial charge in [-0.1, -0.05) is 0 Å². The predicted molar refractivity (Wildman–Crippen MR) is 67.2 cm³/mol. The number of amides is 1. The quantitative estimate of drug-likeness (QED) is 0.773. The third-order valence-corrected chi connectivity index (χ3v) is 3.66. The summed E-state index contributed by atoms with van der Waals surface area (Å²) in [5.74, 6) is 0.670. The van der Waals surface area contributed by atoms with Gasteiger partial charge in [-0.05, 0) is 25.8 Å². The zero-order valence-electron chi connectivity index (χ0n) is 10.1. The van der Waals surface area contributed by atoms with Gasteiger partial charge in [0.25, 0.3) is 0 Å². The average molecular weight is 256 g/mol. The zero-order valence-corrected chi connectivity index (χ0v) is 10.9. The van der Waals surface area contributed by atoms with Crippen LogP contribution in [-0.2, 0) is 11.3 Å². The smallest absolute Gasteiger partial charge is 0.237 e. The fourth-order valence-electron chi connectivity index (χ4n) is 2.46. The van der Waals surface area contributed by atoms with Crippen LogP contribution in [0.3, 0.4) is 0 Å². The van der Waals surface area contributed by atoms with E-state index in [4.69, 9.17) is 11.6 Å². The number of aryl methyl sites for hydroxylation is 1. The minimum absolute atomic E-state index is 0.0501. The molecule has 0 unspecified atom stereocenters. The maximum absolute atomic E-state index is 11.5. The van der Waals surface area contributed by atoms with Gasteiger partial charge in [0.2, 0.25) is 5.91 Å². The molecule has 5 heteroatoms. The molecule has 1 saturated heterocycles. The molecule has 0 bridgehead atoms. The maximum atomic E-state index is 11.5. The summed E-state index contributed by atoms with van der Waals surface area (Å²) in [6, 6.07) is 2.09. The fraction of sp³-hybridized carbons (Fsp3) is 0.667. The van der Waals surface area contributed by atoms with Crippen LogP contribution in [0.25, 0.3) is 0 Å². The standard InChI is InChI=1S/C12H18ClN3O/c1-2-16-11(3-6-14-16)10-4-7-15(8-5-10)12(17)9-13/h3,6,10H,2,4-5,7-9H2,1H3. The van der Waals surface area contributed by atoms with Crippen LogP contribution in [0.5, 0.6) is 0 Å². The molecule has 1 aliphatic heterocycles. The van der Waals surface area contributed by atoms with Crippen LogP contribution in [0.2, 0.25) is 0 Å². The summed E-state index contributed by atoms with van der Waals surface area (Å²) < 4.78 is 2.05. The summed E-state index contributed by atoms with van der Waals surface area (Å²) in [4.78, 5) is 13.3. The van der Waals surface area contributed by atoms with Gasteiger partial charge in [0.1, 0.15) is 5.88 Å². The molecule has 0 aromatic carbocycles. The second kappa shape index (κ2) is 5.54. The highest BCUT2D eigenvalue weighted by Gasteiger charge is 2.24. The number of carbonyl (C=O) groups excluding carboxylic acids is 1. The van der Waals surface area contributed by atoms with Gasteiger partial charge in [-0.2, -0.15) is 5.10 Å². The Balaban J connectivity index is 1.97. The van der Waals surface area contributed by atoms with Crippen LogP contribution in [-0.4, -0.2) is 39.6 Å². The first kappa shape index (κ1) is 12.4. The highest BCUT2D eigenvalue weighted by molar-refractivity contribution is 6.27. The van der Waals surface area contributed by atoms with E-state index >= 15 is 0 Å². The van der Waals surface area contributed by atoms with E-state index in [1.54, 1.807) is 0 Å². The Morgan fingerprint density at radius 1 is 1.53 bits per heavy atom. The first-order valence-corrected chi connectivity index (χ1v) is 6.65. The highest BCUT2D eigenvalue weighted by atomic mass is 35.5. The number of nitrogens with zero attached hydrogens (tertiary/aromatic N) is 3. The van der Waals surface area contributed by atoms with E-state index in [1.807, 2.05) is 15.8 Å². The van der Waals surface area contributed by atoms with Crippen molar-refractivity contribution in [2.75, 3.05) is 19.0 Å². The molecule has 1 aromatic rings. The molecule has 2 heterocycles. The Morgan fingerprint density at radius 2 is 2.24 bits per heavy atom. The monoisotopic (exact) mass is 255 g/mol. The van der Waals surface area contributed by atoms with E-state index in [2.05, 4.69) is 18.1 Å². The predicted octanol–water partition coefficient (Wildman–Crippen LogP) is 1.85. The van der Waals surface area contributed by atoms with E-state index in [-0.39, 0.29) is 11.8 Å². The molecule has 0 atom stereocenters. The van der Waals surface area contributed by atoms with Crippen LogP contribution >= 0.6 is 11.6 Å². The summed E-state index contributed by atoms with van der Waals surface area (Å²) >= 11 is 5.56. The molecule has 0 N–H and O–H groups in total. The van der Waals surface area contributed by atoms with Gasteiger partial charge in [0, 0.05) is 37.4 Å². The number of piperidine rings is 1. The summed E-state index contributed by atoms with van der Waals surface area (Å²) in [6.45, 7) is 4.63. The van der Waals surface area contributed by atoms with Crippen molar-refractivity contribution in [1.29, 1.82) is 0 Å². The lowest BCUT2D eigenvalue weighted by Crippen LogP contribution is -2.38. The normalized spacial score (nSPS) is 17.4. The van der Waals surface area contributed by atoms with E-state index in [9.17, 15) is 4.79 Å². The van der Waals surface area contributed by atoms with E-state index in [1.165, 1.54) is 5.69 Å². The van der Waals surface area contributed by atoms with Gasteiger partial charge in [-0.25, -0.2) is 0 Å². The molecule has 1 amide bonds. The van der Waals surface area contributed by atoms with Crippen molar-refractivity contribution in [3.05, 3.63) is 18.0 Å². The van der Waals surface area contributed by atoms with Crippen LogP contribution in [0, 0.1) is 0 Å². The summed E-state index contributed by atoms with van der Waals surface area (Å²) in [7, 11) is 0. The lowest BCUT2D eigenvalue weighted by Gasteiger charge is -2.31. The van der Waals surface area contributed by atoms with E-state index < -0.39 is 0 Å². The maximum Gasteiger partial charge on any atom is 0.237 e. The second-order valence-electron chi connectivity index (χ2n) is 4.36. The number of hydrogen-bond donors (Lipinski definition) is 0. The molecule has 2 rings (SSSR count).